The molecule has 0 aliphatic heterocycles. The van der Waals surface area contributed by atoms with E-state index in [4.69, 9.17) is 0 Å². The van der Waals surface area contributed by atoms with Gasteiger partial charge in [-0.1, -0.05) is 60.7 Å². The summed E-state index contributed by atoms with van der Waals surface area (Å²) in [7, 11) is 0. The zero-order valence-electron chi connectivity index (χ0n) is 9.19. The Morgan fingerprint density at radius 2 is 0.875 bits per heavy atom. The lowest BCUT2D eigenvalue weighted by Crippen LogP contribution is -1.75. The van der Waals surface area contributed by atoms with Gasteiger partial charge < -0.3 is 6.15 Å². The topological polar surface area (TPSA) is 35.0 Å². The normalized spacial score (nSPS) is 9.50. The monoisotopic (exact) mass is 229 g/mol. The largest absolute Gasteiger partial charge is 0.344 e. The molecule has 0 saturated heterocycles. The maximum absolute atomic E-state index is 2.18. The van der Waals surface area contributed by atoms with Crippen molar-refractivity contribution in [1.29, 1.82) is 0 Å². The van der Waals surface area contributed by atoms with E-state index in [2.05, 4.69) is 60.7 Å². The Balaban J connectivity index is 0.000000640. The van der Waals surface area contributed by atoms with Crippen LogP contribution in [0.1, 0.15) is 0 Å². The highest BCUT2D eigenvalue weighted by molar-refractivity contribution is 6.92. The minimum Gasteiger partial charge on any atom is -0.344 e. The highest BCUT2D eigenvalue weighted by Crippen LogP contribution is 2.24. The molecule has 3 N–H and O–H groups in total. The van der Waals surface area contributed by atoms with Gasteiger partial charge in [0.2, 0.25) is 0 Å². The minimum absolute atomic E-state index is 0. The fourth-order valence-corrected chi connectivity index (χ4v) is 1.95. The van der Waals surface area contributed by atoms with Gasteiger partial charge >= 0.3 is 0 Å². The summed E-state index contributed by atoms with van der Waals surface area (Å²) in [6, 6.07) is 21.4. The van der Waals surface area contributed by atoms with Gasteiger partial charge in [-0.05, 0) is 21.5 Å². The second kappa shape index (κ2) is 5.07. The first-order valence-electron chi connectivity index (χ1n) is 4.82. The van der Waals surface area contributed by atoms with Crippen LogP contribution in [0.15, 0.2) is 60.7 Å². The standard InChI is InChI=1S/C14H10.H3N.H3P/c1-3-7-13-11(5-1)9-10-12-6-2-4-8-14(12)13;;/h1-10H;2*1H3. The highest BCUT2D eigenvalue weighted by atomic mass is 31.0. The van der Waals surface area contributed by atoms with E-state index in [1.165, 1.54) is 21.5 Å². The summed E-state index contributed by atoms with van der Waals surface area (Å²) in [5.74, 6) is 0. The van der Waals surface area contributed by atoms with Gasteiger partial charge in [-0.3, -0.25) is 0 Å². The van der Waals surface area contributed by atoms with Crippen LogP contribution in [0.2, 0.25) is 0 Å². The Morgan fingerprint density at radius 1 is 0.500 bits per heavy atom. The number of hydrogen-bond donors (Lipinski definition) is 1. The molecule has 0 aliphatic carbocycles. The average molecular weight is 229 g/mol. The van der Waals surface area contributed by atoms with Crippen LogP contribution in [0, 0.1) is 0 Å². The van der Waals surface area contributed by atoms with Gasteiger partial charge in [0, 0.05) is 0 Å². The van der Waals surface area contributed by atoms with Crippen LogP contribution in [-0.2, 0) is 0 Å². The third-order valence-corrected chi connectivity index (χ3v) is 2.65. The van der Waals surface area contributed by atoms with Gasteiger partial charge in [0.1, 0.15) is 0 Å². The first-order valence-corrected chi connectivity index (χ1v) is 4.82. The smallest absolute Gasteiger partial charge is 0.0105 e. The fraction of sp³-hybridized carbons (Fsp3) is 0. The quantitative estimate of drug-likeness (QED) is 0.454. The van der Waals surface area contributed by atoms with Crippen LogP contribution < -0.4 is 6.15 Å². The zero-order valence-corrected chi connectivity index (χ0v) is 10.6. The van der Waals surface area contributed by atoms with Gasteiger partial charge in [0.05, 0.1) is 0 Å². The molecule has 3 aromatic rings. The number of benzene rings is 3. The molecule has 0 aliphatic rings. The highest BCUT2D eigenvalue weighted by Gasteiger charge is 1.97. The molecule has 3 aromatic carbocycles. The summed E-state index contributed by atoms with van der Waals surface area (Å²) in [4.78, 5) is 0. The van der Waals surface area contributed by atoms with Gasteiger partial charge in [-0.2, -0.15) is 9.90 Å². The van der Waals surface area contributed by atoms with Crippen LogP contribution >= 0.6 is 9.90 Å². The second-order valence-corrected chi connectivity index (χ2v) is 3.51. The third-order valence-electron chi connectivity index (χ3n) is 2.65. The van der Waals surface area contributed by atoms with Gasteiger partial charge in [-0.15, -0.1) is 0 Å². The Bertz CT molecular complexity index is 550. The van der Waals surface area contributed by atoms with Crippen molar-refractivity contribution >= 4 is 31.4 Å². The van der Waals surface area contributed by atoms with Crippen LogP contribution in [0.4, 0.5) is 0 Å². The molecule has 1 nitrogen and oxygen atoms in total. The van der Waals surface area contributed by atoms with E-state index < -0.39 is 0 Å². The van der Waals surface area contributed by atoms with E-state index in [1.807, 2.05) is 0 Å². The van der Waals surface area contributed by atoms with E-state index in [0.717, 1.165) is 0 Å². The lowest BCUT2D eigenvalue weighted by Gasteiger charge is -2.02. The fourth-order valence-electron chi connectivity index (χ4n) is 1.95. The van der Waals surface area contributed by atoms with E-state index in [-0.39, 0.29) is 16.0 Å². The Hall–Kier alpha value is -1.43. The van der Waals surface area contributed by atoms with Crippen molar-refractivity contribution < 1.29 is 0 Å². The van der Waals surface area contributed by atoms with Crippen LogP contribution in [-0.4, -0.2) is 0 Å². The summed E-state index contributed by atoms with van der Waals surface area (Å²) in [5.41, 5.74) is 0. The van der Waals surface area contributed by atoms with Crippen molar-refractivity contribution in [3.63, 3.8) is 0 Å². The lowest BCUT2D eigenvalue weighted by atomic mass is 10.0. The maximum atomic E-state index is 2.18. The maximum Gasteiger partial charge on any atom is -0.0105 e. The molecule has 0 aromatic heterocycles. The van der Waals surface area contributed by atoms with E-state index in [0.29, 0.717) is 0 Å². The molecule has 2 heteroatoms. The third kappa shape index (κ3) is 1.92. The number of fused-ring (bicyclic) bond motifs is 3. The Morgan fingerprint density at radius 3 is 1.31 bits per heavy atom. The van der Waals surface area contributed by atoms with Crippen molar-refractivity contribution in [2.45, 2.75) is 0 Å². The van der Waals surface area contributed by atoms with Crippen LogP contribution in [0.5, 0.6) is 0 Å². The molecule has 82 valence electrons. The summed E-state index contributed by atoms with van der Waals surface area (Å²) in [6.45, 7) is 0. The van der Waals surface area contributed by atoms with Crippen molar-refractivity contribution in [3.05, 3.63) is 60.7 Å². The van der Waals surface area contributed by atoms with Crippen molar-refractivity contribution in [1.82, 2.24) is 6.15 Å². The predicted molar refractivity (Wildman–Crippen MR) is 77.6 cm³/mol. The van der Waals surface area contributed by atoms with Crippen molar-refractivity contribution in [3.8, 4) is 0 Å². The Kier molecular flexibility index (Phi) is 4.00. The first-order chi connectivity index (χ1) is 6.95. The Labute approximate surface area is 98.7 Å². The molecule has 0 saturated carbocycles. The average Bonchev–Trinajstić information content (AvgIpc) is 2.29. The SMILES string of the molecule is N.P.c1ccc2c(c1)ccc1ccccc12. The molecule has 16 heavy (non-hydrogen) atoms. The lowest BCUT2D eigenvalue weighted by molar-refractivity contribution is 1.76. The van der Waals surface area contributed by atoms with Gasteiger partial charge in [-0.25, -0.2) is 0 Å². The molecule has 0 heterocycles. The van der Waals surface area contributed by atoms with E-state index >= 15 is 0 Å². The molecule has 0 spiro atoms. The molecule has 1 unspecified atom stereocenters. The molecule has 0 bridgehead atoms. The molecule has 3 rings (SSSR count). The minimum atomic E-state index is 0. The molecular weight excluding hydrogens is 213 g/mol. The van der Waals surface area contributed by atoms with Crippen molar-refractivity contribution in [2.75, 3.05) is 0 Å². The number of hydrogen-bond acceptors (Lipinski definition) is 1. The van der Waals surface area contributed by atoms with Gasteiger partial charge in [0.25, 0.3) is 0 Å². The number of rotatable bonds is 0. The van der Waals surface area contributed by atoms with Crippen LogP contribution in [0.25, 0.3) is 21.5 Å². The summed E-state index contributed by atoms with van der Waals surface area (Å²) in [5, 5.41) is 5.30. The first kappa shape index (κ1) is 12.6. The van der Waals surface area contributed by atoms with E-state index in [9.17, 15) is 0 Å². The van der Waals surface area contributed by atoms with Crippen LogP contribution in [0.3, 0.4) is 0 Å². The van der Waals surface area contributed by atoms with Gasteiger partial charge in [0.15, 0.2) is 0 Å². The zero-order chi connectivity index (χ0) is 9.38. The molecule has 0 fully saturated rings. The van der Waals surface area contributed by atoms with E-state index in [1.54, 1.807) is 0 Å². The summed E-state index contributed by atoms with van der Waals surface area (Å²) in [6.07, 6.45) is 0. The predicted octanol–water partition coefficient (Wildman–Crippen LogP) is 4.21. The van der Waals surface area contributed by atoms with Crippen molar-refractivity contribution in [2.24, 2.45) is 0 Å². The summed E-state index contributed by atoms with van der Waals surface area (Å²) < 4.78 is 0. The second-order valence-electron chi connectivity index (χ2n) is 3.51. The molecule has 0 amide bonds. The molecule has 1 atom stereocenters. The summed E-state index contributed by atoms with van der Waals surface area (Å²) >= 11 is 0. The molecular formula is C14H16NP. The molecule has 0 radical (unpaired) electrons.